The summed E-state index contributed by atoms with van der Waals surface area (Å²) in [6, 6.07) is 0. The van der Waals surface area contributed by atoms with Crippen LogP contribution in [0.25, 0.3) is 0 Å². The lowest BCUT2D eigenvalue weighted by molar-refractivity contribution is -0.113. The van der Waals surface area contributed by atoms with Crippen LogP contribution in [0.3, 0.4) is 0 Å². The van der Waals surface area contributed by atoms with Crippen molar-refractivity contribution in [3.63, 3.8) is 0 Å². The predicted molar refractivity (Wildman–Crippen MR) is 31.9 cm³/mol. The lowest BCUT2D eigenvalue weighted by Crippen LogP contribution is -2.09. The summed E-state index contributed by atoms with van der Waals surface area (Å²) in [6.07, 6.45) is 1.55. The topological polar surface area (TPSA) is 43.1 Å². The molecule has 3 heteroatoms. The molecule has 2 nitrogen and oxygen atoms in total. The highest BCUT2D eigenvalue weighted by Crippen LogP contribution is 1.94. The van der Waals surface area contributed by atoms with E-state index in [1.165, 1.54) is 0 Å². The Kier molecular flexibility index (Phi) is 2.52. The maximum atomic E-state index is 10.0. The van der Waals surface area contributed by atoms with Crippen LogP contribution in [0.4, 0.5) is 0 Å². The highest BCUT2D eigenvalue weighted by atomic mass is 32.1. The molecular weight excluding hydrogens is 110 g/mol. The van der Waals surface area contributed by atoms with Gasteiger partial charge in [-0.15, -0.1) is 12.6 Å². The van der Waals surface area contributed by atoms with Gasteiger partial charge in [0.05, 0.1) is 4.91 Å². The standard InChI is InChI=1S/C4H7NOS/c1-2-3(7)4(5)6/h2,7H,1H3,(H2,5,6). The van der Waals surface area contributed by atoms with Gasteiger partial charge < -0.3 is 5.73 Å². The van der Waals surface area contributed by atoms with E-state index in [1.807, 2.05) is 0 Å². The zero-order chi connectivity index (χ0) is 5.86. The van der Waals surface area contributed by atoms with Crippen LogP contribution in [0, 0.1) is 0 Å². The molecule has 0 radical (unpaired) electrons. The molecule has 2 N–H and O–H groups in total. The van der Waals surface area contributed by atoms with Gasteiger partial charge in [0.2, 0.25) is 0 Å². The molecule has 0 atom stereocenters. The summed E-state index contributed by atoms with van der Waals surface area (Å²) < 4.78 is 0. The normalized spacial score (nSPS) is 11.4. The van der Waals surface area contributed by atoms with Gasteiger partial charge in [0.1, 0.15) is 0 Å². The van der Waals surface area contributed by atoms with Crippen LogP contribution in [0.5, 0.6) is 0 Å². The number of rotatable bonds is 1. The Morgan fingerprint density at radius 3 is 2.29 bits per heavy atom. The Morgan fingerprint density at radius 2 is 2.29 bits per heavy atom. The first kappa shape index (κ1) is 6.56. The quantitative estimate of drug-likeness (QED) is 0.376. The number of thiol groups is 1. The second-order valence-corrected chi connectivity index (χ2v) is 1.52. The van der Waals surface area contributed by atoms with Crippen LogP contribution < -0.4 is 5.73 Å². The maximum absolute atomic E-state index is 10.0. The first-order chi connectivity index (χ1) is 3.18. The van der Waals surface area contributed by atoms with Crippen LogP contribution in [0.15, 0.2) is 11.0 Å². The molecule has 0 saturated heterocycles. The van der Waals surface area contributed by atoms with E-state index in [4.69, 9.17) is 5.73 Å². The summed E-state index contributed by atoms with van der Waals surface area (Å²) in [5.41, 5.74) is 4.76. The third kappa shape index (κ3) is 2.28. The van der Waals surface area contributed by atoms with Gasteiger partial charge in [0, 0.05) is 0 Å². The molecule has 0 saturated carbocycles. The number of nitrogens with two attached hydrogens (primary N) is 1. The Morgan fingerprint density at radius 1 is 1.86 bits per heavy atom. The Hall–Kier alpha value is -0.440. The third-order valence-corrected chi connectivity index (χ3v) is 1.00. The minimum atomic E-state index is -0.481. The Labute approximate surface area is 47.8 Å². The average Bonchev–Trinajstić information content (AvgIpc) is 1.65. The summed E-state index contributed by atoms with van der Waals surface area (Å²) in [7, 11) is 0. The smallest absolute Gasteiger partial charge is 0.254 e. The zero-order valence-electron chi connectivity index (χ0n) is 4.01. The number of carbonyl (C=O) groups is 1. The van der Waals surface area contributed by atoms with E-state index in [0.717, 1.165) is 0 Å². The van der Waals surface area contributed by atoms with Gasteiger partial charge in [0.25, 0.3) is 5.91 Å². The first-order valence-corrected chi connectivity index (χ1v) is 2.28. The van der Waals surface area contributed by atoms with Gasteiger partial charge in [-0.25, -0.2) is 0 Å². The van der Waals surface area contributed by atoms with Crippen molar-refractivity contribution < 1.29 is 4.79 Å². The number of amides is 1. The lowest BCUT2D eigenvalue weighted by atomic mass is 10.5. The fraction of sp³-hybridized carbons (Fsp3) is 0.250. The molecule has 0 bridgehead atoms. The van der Waals surface area contributed by atoms with Crippen molar-refractivity contribution in [2.45, 2.75) is 6.92 Å². The molecule has 1 amide bonds. The zero-order valence-corrected chi connectivity index (χ0v) is 4.90. The summed E-state index contributed by atoms with van der Waals surface area (Å²) >= 11 is 3.71. The Bertz CT molecular complexity index is 108. The molecule has 0 fully saturated rings. The SMILES string of the molecule is CC=C(S)C(N)=O. The van der Waals surface area contributed by atoms with E-state index < -0.39 is 5.91 Å². The van der Waals surface area contributed by atoms with Crippen molar-refractivity contribution in [3.8, 4) is 0 Å². The van der Waals surface area contributed by atoms with Crippen molar-refractivity contribution in [2.75, 3.05) is 0 Å². The number of allylic oxidation sites excluding steroid dienone is 1. The van der Waals surface area contributed by atoms with Gasteiger partial charge >= 0.3 is 0 Å². The number of hydrogen-bond donors (Lipinski definition) is 2. The number of carbonyl (C=O) groups excluding carboxylic acids is 1. The molecule has 0 unspecified atom stereocenters. The van der Waals surface area contributed by atoms with Gasteiger partial charge in [-0.2, -0.15) is 0 Å². The summed E-state index contributed by atoms with van der Waals surface area (Å²) in [5.74, 6) is -0.481. The van der Waals surface area contributed by atoms with Gasteiger partial charge in [-0.05, 0) is 6.92 Å². The predicted octanol–water partition coefficient (Wildman–Crippen LogP) is 0.305. The molecule has 40 valence electrons. The lowest BCUT2D eigenvalue weighted by Gasteiger charge is -1.84. The van der Waals surface area contributed by atoms with Crippen molar-refractivity contribution in [1.82, 2.24) is 0 Å². The molecule has 0 aliphatic carbocycles. The summed E-state index contributed by atoms with van der Waals surface area (Å²) in [5, 5.41) is 0. The van der Waals surface area contributed by atoms with Gasteiger partial charge in [0.15, 0.2) is 0 Å². The van der Waals surface area contributed by atoms with Crippen LogP contribution in [-0.4, -0.2) is 5.91 Å². The van der Waals surface area contributed by atoms with Crippen LogP contribution >= 0.6 is 12.6 Å². The fourth-order valence-electron chi connectivity index (χ4n) is 0.142. The second kappa shape index (κ2) is 2.69. The van der Waals surface area contributed by atoms with Crippen molar-refractivity contribution in [2.24, 2.45) is 5.73 Å². The highest BCUT2D eigenvalue weighted by Gasteiger charge is 1.91. The molecule has 0 spiro atoms. The highest BCUT2D eigenvalue weighted by molar-refractivity contribution is 7.85. The van der Waals surface area contributed by atoms with Crippen molar-refractivity contribution >= 4 is 18.5 Å². The average molecular weight is 117 g/mol. The first-order valence-electron chi connectivity index (χ1n) is 1.83. The van der Waals surface area contributed by atoms with Crippen LogP contribution in [0.1, 0.15) is 6.92 Å². The summed E-state index contributed by atoms with van der Waals surface area (Å²) in [6.45, 7) is 1.70. The number of primary amides is 1. The molecule has 0 aromatic rings. The van der Waals surface area contributed by atoms with Gasteiger partial charge in [-0.1, -0.05) is 6.08 Å². The second-order valence-electron chi connectivity index (χ2n) is 1.04. The largest absolute Gasteiger partial charge is 0.365 e. The van der Waals surface area contributed by atoms with E-state index in [0.29, 0.717) is 4.91 Å². The van der Waals surface area contributed by atoms with E-state index in [1.54, 1.807) is 13.0 Å². The van der Waals surface area contributed by atoms with Crippen LogP contribution in [-0.2, 0) is 4.79 Å². The van der Waals surface area contributed by atoms with Crippen molar-refractivity contribution in [1.29, 1.82) is 0 Å². The van der Waals surface area contributed by atoms with Crippen LogP contribution in [0.2, 0.25) is 0 Å². The minimum Gasteiger partial charge on any atom is -0.365 e. The fourth-order valence-corrected chi connectivity index (χ4v) is 0.142. The molecule has 7 heavy (non-hydrogen) atoms. The van der Waals surface area contributed by atoms with E-state index in [9.17, 15) is 4.79 Å². The molecular formula is C4H7NOS. The van der Waals surface area contributed by atoms with Crippen molar-refractivity contribution in [3.05, 3.63) is 11.0 Å². The molecule has 0 rings (SSSR count). The third-order valence-electron chi connectivity index (χ3n) is 0.526. The van der Waals surface area contributed by atoms with E-state index in [-0.39, 0.29) is 0 Å². The maximum Gasteiger partial charge on any atom is 0.254 e. The monoisotopic (exact) mass is 117 g/mol. The number of hydrogen-bond acceptors (Lipinski definition) is 2. The molecule has 0 heterocycles. The van der Waals surface area contributed by atoms with Gasteiger partial charge in [-0.3, -0.25) is 4.79 Å². The van der Waals surface area contributed by atoms with E-state index in [2.05, 4.69) is 12.6 Å². The summed E-state index contributed by atoms with van der Waals surface area (Å²) in [4.78, 5) is 10.3. The molecule has 0 aliphatic heterocycles. The molecule has 0 aromatic heterocycles. The van der Waals surface area contributed by atoms with E-state index >= 15 is 0 Å². The Balaban J connectivity index is 3.82. The minimum absolute atomic E-state index is 0.306. The molecule has 0 aliphatic rings. The molecule has 0 aromatic carbocycles.